The van der Waals surface area contributed by atoms with Gasteiger partial charge in [-0.1, -0.05) is 91.0 Å². The molecule has 0 aliphatic carbocycles. The van der Waals surface area contributed by atoms with Gasteiger partial charge in [0.25, 0.3) is 20.0 Å². The van der Waals surface area contributed by atoms with Crippen LogP contribution >= 0.6 is 0 Å². The first-order chi connectivity index (χ1) is 36.8. The van der Waals surface area contributed by atoms with E-state index in [2.05, 4.69) is 30.0 Å². The number of para-hydroxylation sites is 1. The number of hydrogen-bond acceptors (Lipinski definition) is 16. The van der Waals surface area contributed by atoms with Gasteiger partial charge in [-0.15, -0.1) is 0 Å². The Hall–Kier alpha value is -9.60. The molecular formula is C56H47N11O7S2. The Morgan fingerprint density at radius 1 is 0.592 bits per heavy atom. The van der Waals surface area contributed by atoms with E-state index in [4.69, 9.17) is 25.7 Å². The first-order valence-corrected chi connectivity index (χ1v) is 26.5. The van der Waals surface area contributed by atoms with Crippen LogP contribution in [-0.2, 0) is 20.0 Å². The van der Waals surface area contributed by atoms with Gasteiger partial charge in [0.2, 0.25) is 5.88 Å². The fourth-order valence-corrected chi connectivity index (χ4v) is 10.6. The van der Waals surface area contributed by atoms with Gasteiger partial charge in [0.1, 0.15) is 71.0 Å². The second-order valence-electron chi connectivity index (χ2n) is 17.2. The largest absolute Gasteiger partial charge is 0.457 e. The summed E-state index contributed by atoms with van der Waals surface area (Å²) in [4.78, 5) is 16.3. The quantitative estimate of drug-likeness (QED) is 0.0582. The maximum atomic E-state index is 13.7. The van der Waals surface area contributed by atoms with E-state index >= 15 is 0 Å². The van der Waals surface area contributed by atoms with Crippen LogP contribution in [-0.4, -0.2) is 60.7 Å². The molecular weight excluding hydrogens is 1000 g/mol. The zero-order valence-corrected chi connectivity index (χ0v) is 42.0. The van der Waals surface area contributed by atoms with Crippen molar-refractivity contribution in [2.24, 2.45) is 5.92 Å². The molecule has 1 saturated heterocycles. The average Bonchev–Trinajstić information content (AvgIpc) is 3.43. The lowest BCUT2D eigenvalue weighted by atomic mass is 9.98. The summed E-state index contributed by atoms with van der Waals surface area (Å²) in [6.45, 7) is 1.02. The summed E-state index contributed by atoms with van der Waals surface area (Å²) in [7, 11) is -8.37. The SMILES string of the molecule is N#CC(=Cc1cccc(Oc2ccc(-c3c(N)ncnc3NCC3CCN(S(=O)(=O)C(C#N)=Cc4ccccc4)CC3)cc2)c1)S(=O)(=O)Nc1cccc(Oc2ncnc(N)c2-c2ccc(Oc3ccccc3)cc2)c1. The molecule has 6 N–H and O–H groups in total. The number of nitriles is 2. The van der Waals surface area contributed by atoms with Crippen molar-refractivity contribution in [1.29, 1.82) is 10.5 Å². The van der Waals surface area contributed by atoms with Gasteiger partial charge in [0, 0.05) is 25.7 Å². The summed E-state index contributed by atoms with van der Waals surface area (Å²) in [5.41, 5.74) is 16.2. The summed E-state index contributed by atoms with van der Waals surface area (Å²) in [5.74, 6) is 3.49. The van der Waals surface area contributed by atoms with Crippen molar-refractivity contribution in [3.63, 3.8) is 0 Å². The highest BCUT2D eigenvalue weighted by Gasteiger charge is 2.31. The standard InChI is InChI=1S/C56H47N11O7S2/c57-33-49(75(68,69)66-43-12-8-16-48(32-43)74-56-52(54(60)63-37-65-56)42-19-23-45(24-20-42)72-44-13-5-2-6-14-44)31-40-11-7-15-47(29-40)73-46-21-17-41(18-22-46)51-53(59)62-36-64-55(51)61-35-39-25-27-67(28-26-39)76(70,71)50(34-58)30-38-9-3-1-4-10-38/h1-24,29-32,36-37,39,66H,25-28,35H2,(H2,60,63,65)(H3,59,61,62,64). The molecule has 0 radical (unpaired) electrons. The van der Waals surface area contributed by atoms with Crippen LogP contribution in [0.5, 0.6) is 34.6 Å². The van der Waals surface area contributed by atoms with Crippen LogP contribution in [0.15, 0.2) is 180 Å². The Kier molecular flexibility index (Phi) is 15.6. The summed E-state index contributed by atoms with van der Waals surface area (Å²) in [6, 6.07) is 48.9. The van der Waals surface area contributed by atoms with Gasteiger partial charge in [-0.25, -0.2) is 36.8 Å². The minimum Gasteiger partial charge on any atom is -0.457 e. The zero-order valence-electron chi connectivity index (χ0n) is 40.4. The van der Waals surface area contributed by atoms with Crippen LogP contribution in [0.3, 0.4) is 0 Å². The van der Waals surface area contributed by atoms with E-state index in [9.17, 15) is 27.4 Å². The number of nitrogen functional groups attached to an aromatic ring is 2. The number of nitrogens with one attached hydrogen (secondary N) is 2. The van der Waals surface area contributed by atoms with Crippen LogP contribution < -0.4 is 35.7 Å². The lowest BCUT2D eigenvalue weighted by molar-refractivity contribution is 0.284. The number of benzene rings is 6. The predicted molar refractivity (Wildman–Crippen MR) is 291 cm³/mol. The molecule has 0 unspecified atom stereocenters. The number of allylic oxidation sites excluding steroid dienone is 2. The highest BCUT2D eigenvalue weighted by atomic mass is 32.2. The molecule has 6 aromatic carbocycles. The molecule has 18 nitrogen and oxygen atoms in total. The summed E-state index contributed by atoms with van der Waals surface area (Å²) in [6.07, 6.45) is 6.39. The Morgan fingerprint density at radius 3 is 1.78 bits per heavy atom. The van der Waals surface area contributed by atoms with Crippen molar-refractivity contribution in [2.75, 3.05) is 41.1 Å². The van der Waals surface area contributed by atoms with Gasteiger partial charge in [-0.3, -0.25) is 4.72 Å². The van der Waals surface area contributed by atoms with E-state index in [1.165, 1.54) is 41.2 Å². The fourth-order valence-electron chi connectivity index (χ4n) is 8.22. The lowest BCUT2D eigenvalue weighted by Gasteiger charge is -2.31. The number of rotatable bonds is 18. The summed E-state index contributed by atoms with van der Waals surface area (Å²) < 4.78 is 76.1. The van der Waals surface area contributed by atoms with Crippen LogP contribution in [0.2, 0.25) is 0 Å². The number of piperidine rings is 1. The molecule has 76 heavy (non-hydrogen) atoms. The third-order valence-corrected chi connectivity index (χ3v) is 15.1. The van der Waals surface area contributed by atoms with E-state index in [1.807, 2.05) is 42.5 Å². The van der Waals surface area contributed by atoms with E-state index in [-0.39, 0.29) is 52.9 Å². The van der Waals surface area contributed by atoms with Gasteiger partial charge >= 0.3 is 0 Å². The van der Waals surface area contributed by atoms with E-state index in [1.54, 1.807) is 115 Å². The normalized spacial score (nSPS) is 13.4. The zero-order chi connectivity index (χ0) is 53.1. The molecule has 20 heteroatoms. The van der Waals surface area contributed by atoms with Crippen molar-refractivity contribution >= 4 is 55.3 Å². The van der Waals surface area contributed by atoms with Crippen molar-refractivity contribution in [1.82, 2.24) is 24.2 Å². The second-order valence-corrected chi connectivity index (χ2v) is 20.7. The van der Waals surface area contributed by atoms with Crippen LogP contribution in [0.1, 0.15) is 24.0 Å². The number of anilines is 4. The molecule has 0 atom stereocenters. The third kappa shape index (κ3) is 12.4. The van der Waals surface area contributed by atoms with E-state index in [0.29, 0.717) is 81.6 Å². The van der Waals surface area contributed by atoms with Gasteiger partial charge in [0.05, 0.1) is 16.8 Å². The Bertz CT molecular complexity index is 3750. The first-order valence-electron chi connectivity index (χ1n) is 23.6. The molecule has 380 valence electrons. The number of hydrogen-bond donors (Lipinski definition) is 4. The van der Waals surface area contributed by atoms with E-state index < -0.39 is 25.0 Å². The molecule has 0 saturated carbocycles. The minimum atomic E-state index is -4.40. The topological polar surface area (TPSA) is 274 Å². The maximum absolute atomic E-state index is 13.7. The summed E-state index contributed by atoms with van der Waals surface area (Å²) in [5, 5.41) is 23.2. The molecule has 1 fully saturated rings. The highest BCUT2D eigenvalue weighted by Crippen LogP contribution is 2.38. The molecule has 8 aromatic rings. The van der Waals surface area contributed by atoms with Gasteiger partial charge < -0.3 is 31.0 Å². The van der Waals surface area contributed by atoms with Crippen molar-refractivity contribution in [3.05, 3.63) is 191 Å². The van der Waals surface area contributed by atoms with Crippen molar-refractivity contribution < 1.29 is 31.0 Å². The first kappa shape index (κ1) is 51.3. The minimum absolute atomic E-state index is 0.114. The maximum Gasteiger partial charge on any atom is 0.272 e. The molecule has 0 bridgehead atoms. The number of nitrogens with two attached hydrogens (primary N) is 2. The predicted octanol–water partition coefficient (Wildman–Crippen LogP) is 10.5. The number of sulfonamides is 2. The number of ether oxygens (including phenoxy) is 3. The fraction of sp³-hybridized carbons (Fsp3) is 0.107. The average molecular weight is 1050 g/mol. The second kappa shape index (κ2) is 23.1. The van der Waals surface area contributed by atoms with Crippen molar-refractivity contribution in [2.45, 2.75) is 12.8 Å². The smallest absolute Gasteiger partial charge is 0.272 e. The van der Waals surface area contributed by atoms with Crippen molar-refractivity contribution in [3.8, 4) is 69.0 Å². The molecule has 1 aliphatic heterocycles. The number of aromatic nitrogens is 4. The highest BCUT2D eigenvalue weighted by molar-refractivity contribution is 7.97. The lowest BCUT2D eigenvalue weighted by Crippen LogP contribution is -2.40. The van der Waals surface area contributed by atoms with Gasteiger partial charge in [0.15, 0.2) is 9.81 Å². The molecule has 0 spiro atoms. The summed E-state index contributed by atoms with van der Waals surface area (Å²) >= 11 is 0. The molecule has 9 rings (SSSR count). The Balaban J connectivity index is 0.819. The molecule has 3 heterocycles. The van der Waals surface area contributed by atoms with Gasteiger partial charge in [-0.05, 0) is 114 Å². The monoisotopic (exact) mass is 1050 g/mol. The third-order valence-electron chi connectivity index (χ3n) is 12.0. The Labute approximate surface area is 439 Å². The van der Waals surface area contributed by atoms with Gasteiger partial charge in [-0.2, -0.15) is 14.8 Å². The number of nitrogens with zero attached hydrogens (tertiary/aromatic N) is 7. The Morgan fingerprint density at radius 2 is 1.12 bits per heavy atom. The molecule has 0 amide bonds. The molecule has 1 aliphatic rings. The van der Waals surface area contributed by atoms with Crippen LogP contribution in [0.4, 0.5) is 23.1 Å². The van der Waals surface area contributed by atoms with Crippen LogP contribution in [0.25, 0.3) is 34.4 Å². The molecule has 2 aromatic heterocycles. The van der Waals surface area contributed by atoms with Crippen LogP contribution in [0, 0.1) is 28.6 Å². The van der Waals surface area contributed by atoms with E-state index in [0.717, 1.165) is 0 Å².